The van der Waals surface area contributed by atoms with Gasteiger partial charge < -0.3 is 4.74 Å². The van der Waals surface area contributed by atoms with Gasteiger partial charge in [0.2, 0.25) is 5.95 Å². The summed E-state index contributed by atoms with van der Waals surface area (Å²) in [6.07, 6.45) is 1.54. The van der Waals surface area contributed by atoms with Crippen molar-refractivity contribution in [2.75, 3.05) is 19.0 Å². The summed E-state index contributed by atoms with van der Waals surface area (Å²) in [5.41, 5.74) is 0.282. The second-order valence-electron chi connectivity index (χ2n) is 3.53. The number of tetrazole rings is 1. The number of hydrogen-bond acceptors (Lipinski definition) is 6. The van der Waals surface area contributed by atoms with E-state index in [1.165, 1.54) is 4.68 Å². The Labute approximate surface area is 117 Å². The lowest BCUT2D eigenvalue weighted by Gasteiger charge is -2.05. The average Bonchev–Trinajstić information content (AvgIpc) is 2.84. The highest BCUT2D eigenvalue weighted by molar-refractivity contribution is 9.10. The molecule has 2 aromatic heterocycles. The molecular weight excluding hydrogens is 316 g/mol. The second-order valence-corrected chi connectivity index (χ2v) is 4.45. The van der Waals surface area contributed by atoms with Gasteiger partial charge in [0.1, 0.15) is 5.69 Å². The summed E-state index contributed by atoms with van der Waals surface area (Å²) >= 11 is 3.25. The molecule has 0 radical (unpaired) electrons. The van der Waals surface area contributed by atoms with Crippen molar-refractivity contribution in [2.24, 2.45) is 0 Å². The normalized spacial score (nSPS) is 10.4. The van der Waals surface area contributed by atoms with Crippen LogP contribution in [0.1, 0.15) is 10.5 Å². The maximum absolute atomic E-state index is 11.9. The third-order valence-electron chi connectivity index (χ3n) is 2.22. The molecule has 9 heteroatoms. The first-order chi connectivity index (χ1) is 9.20. The van der Waals surface area contributed by atoms with Gasteiger partial charge in [0.15, 0.2) is 0 Å². The molecule has 0 atom stereocenters. The van der Waals surface area contributed by atoms with Crippen molar-refractivity contribution >= 4 is 27.8 Å². The van der Waals surface area contributed by atoms with Gasteiger partial charge in [-0.3, -0.25) is 10.1 Å². The predicted molar refractivity (Wildman–Crippen MR) is 69.6 cm³/mol. The van der Waals surface area contributed by atoms with Crippen LogP contribution in [0.4, 0.5) is 5.95 Å². The number of ether oxygens (including phenoxy) is 1. The van der Waals surface area contributed by atoms with Crippen molar-refractivity contribution in [3.05, 3.63) is 28.5 Å². The summed E-state index contributed by atoms with van der Waals surface area (Å²) in [6, 6.07) is 3.33. The van der Waals surface area contributed by atoms with Gasteiger partial charge in [0.25, 0.3) is 5.91 Å². The fourth-order valence-corrected chi connectivity index (χ4v) is 1.53. The topological polar surface area (TPSA) is 94.8 Å². The fourth-order valence-electron chi connectivity index (χ4n) is 1.30. The summed E-state index contributed by atoms with van der Waals surface area (Å²) < 4.78 is 7.17. The Kier molecular flexibility index (Phi) is 4.53. The number of aromatic nitrogens is 5. The maximum Gasteiger partial charge on any atom is 0.276 e. The third kappa shape index (κ3) is 3.55. The molecule has 2 heterocycles. The molecule has 8 nitrogen and oxygen atoms in total. The fraction of sp³-hybridized carbons (Fsp3) is 0.300. The number of pyridine rings is 1. The monoisotopic (exact) mass is 326 g/mol. The zero-order valence-electron chi connectivity index (χ0n) is 10.1. The van der Waals surface area contributed by atoms with Crippen LogP contribution < -0.4 is 5.32 Å². The van der Waals surface area contributed by atoms with Crippen molar-refractivity contribution in [3.8, 4) is 0 Å². The Morgan fingerprint density at radius 3 is 3.05 bits per heavy atom. The van der Waals surface area contributed by atoms with Crippen molar-refractivity contribution < 1.29 is 9.53 Å². The van der Waals surface area contributed by atoms with E-state index in [4.69, 9.17) is 4.74 Å². The molecule has 0 spiro atoms. The second kappa shape index (κ2) is 6.34. The molecule has 2 rings (SSSR count). The smallest absolute Gasteiger partial charge is 0.276 e. The average molecular weight is 327 g/mol. The molecule has 19 heavy (non-hydrogen) atoms. The van der Waals surface area contributed by atoms with Crippen molar-refractivity contribution in [1.29, 1.82) is 0 Å². The van der Waals surface area contributed by atoms with Crippen LogP contribution in [0.5, 0.6) is 0 Å². The predicted octanol–water partition coefficient (Wildman–Crippen LogP) is 0.729. The van der Waals surface area contributed by atoms with E-state index in [0.717, 1.165) is 4.47 Å². The van der Waals surface area contributed by atoms with Gasteiger partial charge in [-0.1, -0.05) is 5.10 Å². The highest BCUT2D eigenvalue weighted by Crippen LogP contribution is 2.09. The van der Waals surface area contributed by atoms with Crippen LogP contribution in [0.2, 0.25) is 0 Å². The Hall–Kier alpha value is -1.87. The molecule has 2 aromatic rings. The van der Waals surface area contributed by atoms with Gasteiger partial charge >= 0.3 is 0 Å². The number of methoxy groups -OCH3 is 1. The van der Waals surface area contributed by atoms with Crippen LogP contribution in [0.3, 0.4) is 0 Å². The van der Waals surface area contributed by atoms with Crippen LogP contribution in [-0.4, -0.2) is 44.8 Å². The Bertz CT molecular complexity index is 555. The molecule has 0 unspecified atom stereocenters. The number of anilines is 1. The summed E-state index contributed by atoms with van der Waals surface area (Å²) in [7, 11) is 1.58. The lowest BCUT2D eigenvalue weighted by Crippen LogP contribution is -2.18. The Balaban J connectivity index is 2.06. The third-order valence-corrected chi connectivity index (χ3v) is 2.69. The van der Waals surface area contributed by atoms with E-state index >= 15 is 0 Å². The SMILES string of the molecule is COCCn1nnnc1NC(=O)c1ccc(Br)cn1. The summed E-state index contributed by atoms with van der Waals surface area (Å²) in [6.45, 7) is 0.900. The standard InChI is InChI=1S/C10H11BrN6O2/c1-19-5-4-17-10(14-15-16-17)13-9(18)8-3-2-7(11)6-12-8/h2-3,6H,4-5H2,1H3,(H,13,14,16,18). The van der Waals surface area contributed by atoms with Crippen molar-refractivity contribution in [2.45, 2.75) is 6.54 Å². The molecule has 1 N–H and O–H groups in total. The lowest BCUT2D eigenvalue weighted by molar-refractivity contribution is 0.102. The molecular formula is C10H11BrN6O2. The van der Waals surface area contributed by atoms with E-state index in [2.05, 4.69) is 41.8 Å². The van der Waals surface area contributed by atoms with Crippen LogP contribution in [0.25, 0.3) is 0 Å². The number of nitrogens with one attached hydrogen (secondary N) is 1. The number of rotatable bonds is 5. The zero-order chi connectivity index (χ0) is 13.7. The maximum atomic E-state index is 11.9. The van der Waals surface area contributed by atoms with E-state index in [1.807, 2.05) is 0 Å². The number of hydrogen-bond donors (Lipinski definition) is 1. The summed E-state index contributed by atoms with van der Waals surface area (Å²) in [4.78, 5) is 15.9. The molecule has 0 fully saturated rings. The minimum atomic E-state index is -0.374. The van der Waals surface area contributed by atoms with Gasteiger partial charge in [-0.15, -0.1) is 0 Å². The van der Waals surface area contributed by atoms with Crippen molar-refractivity contribution in [1.82, 2.24) is 25.2 Å². The largest absolute Gasteiger partial charge is 0.383 e. The number of carbonyl (C=O) groups is 1. The van der Waals surface area contributed by atoms with Gasteiger partial charge in [0, 0.05) is 17.8 Å². The summed E-state index contributed by atoms with van der Waals surface area (Å²) in [5.74, 6) is -0.118. The zero-order valence-corrected chi connectivity index (χ0v) is 11.7. The van der Waals surface area contributed by atoms with E-state index in [1.54, 1.807) is 25.4 Å². The van der Waals surface area contributed by atoms with E-state index in [0.29, 0.717) is 13.2 Å². The first kappa shape index (κ1) is 13.6. The molecule has 0 aromatic carbocycles. The highest BCUT2D eigenvalue weighted by atomic mass is 79.9. The quantitative estimate of drug-likeness (QED) is 0.870. The number of nitrogens with zero attached hydrogens (tertiary/aromatic N) is 5. The molecule has 0 saturated heterocycles. The molecule has 0 aliphatic carbocycles. The van der Waals surface area contributed by atoms with E-state index in [-0.39, 0.29) is 17.5 Å². The first-order valence-electron chi connectivity index (χ1n) is 5.38. The van der Waals surface area contributed by atoms with E-state index in [9.17, 15) is 4.79 Å². The van der Waals surface area contributed by atoms with Gasteiger partial charge in [-0.05, 0) is 38.5 Å². The molecule has 0 aliphatic rings. The Morgan fingerprint density at radius 1 is 1.53 bits per heavy atom. The summed E-state index contributed by atoms with van der Waals surface area (Å²) in [5, 5.41) is 13.6. The van der Waals surface area contributed by atoms with Gasteiger partial charge in [-0.25, -0.2) is 9.67 Å². The van der Waals surface area contributed by atoms with Crippen LogP contribution in [0.15, 0.2) is 22.8 Å². The van der Waals surface area contributed by atoms with Gasteiger partial charge in [0.05, 0.1) is 13.2 Å². The highest BCUT2D eigenvalue weighted by Gasteiger charge is 2.12. The van der Waals surface area contributed by atoms with Crippen molar-refractivity contribution in [3.63, 3.8) is 0 Å². The molecule has 0 bridgehead atoms. The van der Waals surface area contributed by atoms with Crippen LogP contribution in [-0.2, 0) is 11.3 Å². The molecule has 100 valence electrons. The van der Waals surface area contributed by atoms with Gasteiger partial charge in [-0.2, -0.15) is 0 Å². The number of halogens is 1. The number of carbonyl (C=O) groups excluding carboxylic acids is 1. The first-order valence-corrected chi connectivity index (χ1v) is 6.18. The number of amides is 1. The molecule has 0 saturated carbocycles. The van der Waals surface area contributed by atoms with E-state index < -0.39 is 0 Å². The Morgan fingerprint density at radius 2 is 2.37 bits per heavy atom. The van der Waals surface area contributed by atoms with Crippen LogP contribution >= 0.6 is 15.9 Å². The minimum absolute atomic E-state index is 0.256. The van der Waals surface area contributed by atoms with Crippen LogP contribution in [0, 0.1) is 0 Å². The molecule has 0 aliphatic heterocycles. The lowest BCUT2D eigenvalue weighted by atomic mass is 10.3. The minimum Gasteiger partial charge on any atom is -0.383 e. The molecule has 1 amide bonds.